The number of hydrogen-bond acceptors (Lipinski definition) is 7. The molecular formula is C55H98O7. The second-order valence-electron chi connectivity index (χ2n) is 22.6. The minimum atomic E-state index is -1.44. The van der Waals surface area contributed by atoms with Gasteiger partial charge in [0, 0.05) is 6.42 Å². The molecule has 1 heterocycles. The SMILES string of the molecule is CCCCCCCCCCCCCCCCCCCC(=O)OC[C@H]1O[C@@H](OC2CCC3(C)C(C=CC4C3CCC3(C)C4CCC3[C@H](C)CC[C@@H](CC)C(C)C)C2)[C@H](O)[C@@H](O)[C@@H]1O. The van der Waals surface area contributed by atoms with E-state index in [4.69, 9.17) is 14.2 Å². The molecule has 0 amide bonds. The summed E-state index contributed by atoms with van der Waals surface area (Å²) in [5.74, 6) is 5.44. The number of unbranched alkanes of at least 4 members (excludes halogenated alkanes) is 16. The largest absolute Gasteiger partial charge is 0.463 e. The first-order valence-electron chi connectivity index (χ1n) is 27.0. The van der Waals surface area contributed by atoms with E-state index in [9.17, 15) is 20.1 Å². The zero-order valence-corrected chi connectivity index (χ0v) is 41.2. The van der Waals surface area contributed by atoms with Crippen LogP contribution >= 0.6 is 0 Å². The number of carbonyl (C=O) groups excluding carboxylic acids is 1. The fourth-order valence-corrected chi connectivity index (χ4v) is 14.0. The molecule has 0 spiro atoms. The third-order valence-corrected chi connectivity index (χ3v) is 18.2. The fourth-order valence-electron chi connectivity index (χ4n) is 14.0. The highest BCUT2D eigenvalue weighted by Gasteiger charge is 2.60. The Morgan fingerprint density at radius 3 is 1.87 bits per heavy atom. The zero-order chi connectivity index (χ0) is 44.7. The summed E-state index contributed by atoms with van der Waals surface area (Å²) in [6.07, 6.45) is 33.3. The molecule has 4 aliphatic carbocycles. The molecule has 0 aromatic rings. The van der Waals surface area contributed by atoms with Crippen LogP contribution in [0.1, 0.15) is 228 Å². The number of aliphatic hydroxyl groups is 3. The molecule has 0 aromatic carbocycles. The van der Waals surface area contributed by atoms with Gasteiger partial charge in [0.05, 0.1) is 6.10 Å². The molecule has 1 aliphatic heterocycles. The number of carbonyl (C=O) groups is 1. The van der Waals surface area contributed by atoms with Crippen molar-refractivity contribution in [2.24, 2.45) is 58.2 Å². The predicted molar refractivity (Wildman–Crippen MR) is 253 cm³/mol. The second-order valence-corrected chi connectivity index (χ2v) is 22.6. The van der Waals surface area contributed by atoms with Crippen LogP contribution in [0.3, 0.4) is 0 Å². The standard InChI is InChI=1S/C55H98O7/c1-8-10-11-12-13-14-15-16-17-18-19-20-21-22-23-24-25-26-49(56)60-38-48-50(57)51(58)52(59)53(62-48)61-43-33-35-54(6)42(37-43)29-30-44-46-32-31-45(55(46,7)36-34-47(44)54)40(5)27-28-41(9-2)39(3)4/h29-30,39-48,50-53,57-59H,8-28,31-38H2,1-7H3/t40-,41-,42?,43?,44?,45?,46?,47?,48-,50-,51+,52-,53-,54?,55?/m1/s1. The molecule has 15 atom stereocenters. The molecule has 4 fully saturated rings. The summed E-state index contributed by atoms with van der Waals surface area (Å²) < 4.78 is 18.1. The smallest absolute Gasteiger partial charge is 0.305 e. The molecule has 3 N–H and O–H groups in total. The van der Waals surface area contributed by atoms with E-state index in [2.05, 4.69) is 60.6 Å². The summed E-state index contributed by atoms with van der Waals surface area (Å²) in [5, 5.41) is 32.6. The van der Waals surface area contributed by atoms with Gasteiger partial charge in [0.1, 0.15) is 31.0 Å². The van der Waals surface area contributed by atoms with Gasteiger partial charge >= 0.3 is 5.97 Å². The summed E-state index contributed by atoms with van der Waals surface area (Å²) in [5.41, 5.74) is 0.657. The van der Waals surface area contributed by atoms with Gasteiger partial charge in [-0.3, -0.25) is 4.79 Å². The number of aliphatic hydroxyl groups excluding tert-OH is 3. The Bertz CT molecular complexity index is 1300. The third kappa shape index (κ3) is 13.8. The number of allylic oxidation sites excluding steroid dienone is 2. The lowest BCUT2D eigenvalue weighted by Gasteiger charge is -2.59. The number of hydrogen-bond donors (Lipinski definition) is 3. The van der Waals surface area contributed by atoms with Crippen molar-refractivity contribution in [3.63, 3.8) is 0 Å². The summed E-state index contributed by atoms with van der Waals surface area (Å²) in [7, 11) is 0. The van der Waals surface area contributed by atoms with Crippen molar-refractivity contribution >= 4 is 5.97 Å². The molecular weight excluding hydrogens is 773 g/mol. The topological polar surface area (TPSA) is 105 Å². The van der Waals surface area contributed by atoms with Gasteiger partial charge in [0.2, 0.25) is 0 Å². The number of rotatable bonds is 28. The van der Waals surface area contributed by atoms with Crippen molar-refractivity contribution in [3.05, 3.63) is 12.2 Å². The van der Waals surface area contributed by atoms with Gasteiger partial charge in [-0.2, -0.15) is 0 Å². The van der Waals surface area contributed by atoms with E-state index in [0.717, 1.165) is 68.1 Å². The van der Waals surface area contributed by atoms with Crippen LogP contribution in [0, 0.1) is 58.2 Å². The summed E-state index contributed by atoms with van der Waals surface area (Å²) in [4.78, 5) is 12.7. The maximum Gasteiger partial charge on any atom is 0.305 e. The highest BCUT2D eigenvalue weighted by atomic mass is 16.7. The first-order valence-corrected chi connectivity index (χ1v) is 27.0. The van der Waals surface area contributed by atoms with E-state index >= 15 is 0 Å². The normalized spacial score (nSPS) is 36.5. The van der Waals surface area contributed by atoms with Gasteiger partial charge in [-0.05, 0) is 116 Å². The molecule has 8 unspecified atom stereocenters. The Morgan fingerprint density at radius 2 is 1.27 bits per heavy atom. The number of ether oxygens (including phenoxy) is 3. The van der Waals surface area contributed by atoms with E-state index in [0.29, 0.717) is 29.6 Å². The molecule has 3 saturated carbocycles. The summed E-state index contributed by atoms with van der Waals surface area (Å²) >= 11 is 0. The Hall–Kier alpha value is -0.990. The van der Waals surface area contributed by atoms with Crippen molar-refractivity contribution < 1.29 is 34.3 Å². The Balaban J connectivity index is 0.984. The van der Waals surface area contributed by atoms with E-state index in [1.165, 1.54) is 135 Å². The fraction of sp³-hybridized carbons (Fsp3) is 0.945. The monoisotopic (exact) mass is 871 g/mol. The first-order chi connectivity index (χ1) is 29.8. The lowest BCUT2D eigenvalue weighted by Crippen LogP contribution is -2.60. The Kier molecular flexibility index (Phi) is 21.6. The van der Waals surface area contributed by atoms with Crippen molar-refractivity contribution in [1.82, 2.24) is 0 Å². The average molecular weight is 871 g/mol. The maximum absolute atomic E-state index is 12.7. The van der Waals surface area contributed by atoms with Crippen LogP contribution in [0.15, 0.2) is 12.2 Å². The lowest BCUT2D eigenvalue weighted by molar-refractivity contribution is -0.315. The molecule has 1 saturated heterocycles. The van der Waals surface area contributed by atoms with Crippen LogP contribution in [0.4, 0.5) is 0 Å². The number of fused-ring (bicyclic) bond motifs is 5. The van der Waals surface area contributed by atoms with Crippen LogP contribution in [0.5, 0.6) is 0 Å². The molecule has 0 radical (unpaired) electrons. The molecule has 7 nitrogen and oxygen atoms in total. The van der Waals surface area contributed by atoms with E-state index in [1.54, 1.807) is 0 Å². The van der Waals surface area contributed by atoms with Crippen molar-refractivity contribution in [1.29, 1.82) is 0 Å². The molecule has 5 aliphatic rings. The molecule has 360 valence electrons. The van der Waals surface area contributed by atoms with Crippen LogP contribution in [-0.2, 0) is 19.0 Å². The summed E-state index contributed by atoms with van der Waals surface area (Å²) in [6.45, 7) is 17.0. The maximum atomic E-state index is 12.7. The summed E-state index contributed by atoms with van der Waals surface area (Å²) in [6, 6.07) is 0. The number of esters is 1. The quantitative estimate of drug-likeness (QED) is 0.0408. The van der Waals surface area contributed by atoms with Crippen LogP contribution in [0.2, 0.25) is 0 Å². The van der Waals surface area contributed by atoms with Gasteiger partial charge in [-0.15, -0.1) is 0 Å². The lowest BCUT2D eigenvalue weighted by atomic mass is 9.46. The molecule has 5 rings (SSSR count). The minimum absolute atomic E-state index is 0.123. The van der Waals surface area contributed by atoms with Crippen molar-refractivity contribution in [3.8, 4) is 0 Å². The van der Waals surface area contributed by atoms with Crippen molar-refractivity contribution in [2.75, 3.05) is 6.61 Å². The average Bonchev–Trinajstić information content (AvgIpc) is 3.62. The van der Waals surface area contributed by atoms with E-state index < -0.39 is 30.7 Å². The third-order valence-electron chi connectivity index (χ3n) is 18.2. The van der Waals surface area contributed by atoms with Crippen LogP contribution in [-0.4, -0.2) is 64.7 Å². The minimum Gasteiger partial charge on any atom is -0.463 e. The second kappa shape index (κ2) is 25.8. The Labute approximate surface area is 381 Å². The van der Waals surface area contributed by atoms with Gasteiger partial charge < -0.3 is 29.5 Å². The first kappa shape index (κ1) is 52.0. The molecule has 62 heavy (non-hydrogen) atoms. The zero-order valence-electron chi connectivity index (χ0n) is 41.2. The van der Waals surface area contributed by atoms with Crippen LogP contribution in [0.25, 0.3) is 0 Å². The highest BCUT2D eigenvalue weighted by molar-refractivity contribution is 5.69. The van der Waals surface area contributed by atoms with Crippen LogP contribution < -0.4 is 0 Å². The molecule has 0 aromatic heterocycles. The van der Waals surface area contributed by atoms with Gasteiger partial charge in [-0.25, -0.2) is 0 Å². The van der Waals surface area contributed by atoms with Crippen molar-refractivity contribution in [2.45, 2.75) is 265 Å². The highest BCUT2D eigenvalue weighted by Crippen LogP contribution is 2.67. The van der Waals surface area contributed by atoms with Gasteiger partial charge in [-0.1, -0.05) is 176 Å². The van der Waals surface area contributed by atoms with Gasteiger partial charge in [0.25, 0.3) is 0 Å². The molecule has 7 heteroatoms. The Morgan fingerprint density at radius 1 is 0.694 bits per heavy atom. The van der Waals surface area contributed by atoms with Gasteiger partial charge in [0.15, 0.2) is 6.29 Å². The predicted octanol–water partition coefficient (Wildman–Crippen LogP) is 13.3. The van der Waals surface area contributed by atoms with E-state index in [-0.39, 0.29) is 24.1 Å². The molecule has 0 bridgehead atoms. The van der Waals surface area contributed by atoms with E-state index in [1.807, 2.05) is 0 Å².